The van der Waals surface area contributed by atoms with Gasteiger partial charge in [0.25, 0.3) is 0 Å². The molecule has 0 spiro atoms. The minimum Gasteiger partial charge on any atom is -0.378 e. The van der Waals surface area contributed by atoms with Crippen LogP contribution in [0.1, 0.15) is 30.8 Å². The first kappa shape index (κ1) is 15.2. The van der Waals surface area contributed by atoms with Gasteiger partial charge in [0.05, 0.1) is 24.5 Å². The van der Waals surface area contributed by atoms with Gasteiger partial charge in [-0.3, -0.25) is 14.6 Å². The van der Waals surface area contributed by atoms with Crippen molar-refractivity contribution in [2.75, 3.05) is 14.2 Å². The lowest BCUT2D eigenvalue weighted by atomic mass is 10.2. The predicted octanol–water partition coefficient (Wildman–Crippen LogP) is 1.36. The van der Waals surface area contributed by atoms with Gasteiger partial charge in [0, 0.05) is 26.6 Å². The van der Waals surface area contributed by atoms with E-state index in [4.69, 9.17) is 4.74 Å². The number of nitrogens with one attached hydrogen (secondary N) is 1. The minimum absolute atomic E-state index is 0.0316. The van der Waals surface area contributed by atoms with E-state index in [0.29, 0.717) is 19.6 Å². The molecule has 7 heteroatoms. The highest BCUT2D eigenvalue weighted by Crippen LogP contribution is 2.14. The van der Waals surface area contributed by atoms with E-state index in [1.807, 2.05) is 25.3 Å². The second-order valence-corrected chi connectivity index (χ2v) is 4.92. The highest BCUT2D eigenvalue weighted by atomic mass is 16.5. The Morgan fingerprint density at radius 1 is 1.57 bits per heavy atom. The third-order valence-corrected chi connectivity index (χ3v) is 3.28. The molecule has 2 heterocycles. The van der Waals surface area contributed by atoms with E-state index in [2.05, 4.69) is 15.3 Å². The molecule has 2 aromatic rings. The molecular weight excluding hydrogens is 270 g/mol. The molecule has 0 fully saturated rings. The maximum atomic E-state index is 12.5. The van der Waals surface area contributed by atoms with Gasteiger partial charge in [0.2, 0.25) is 5.91 Å². The van der Waals surface area contributed by atoms with Crippen molar-refractivity contribution >= 4 is 5.91 Å². The van der Waals surface area contributed by atoms with Gasteiger partial charge in [-0.05, 0) is 18.6 Å². The Bertz CT molecular complexity index is 564. The van der Waals surface area contributed by atoms with Gasteiger partial charge in [-0.15, -0.1) is 0 Å². The van der Waals surface area contributed by atoms with Crippen molar-refractivity contribution in [2.24, 2.45) is 0 Å². The molecule has 0 radical (unpaired) electrons. The van der Waals surface area contributed by atoms with E-state index in [0.717, 1.165) is 11.4 Å². The van der Waals surface area contributed by atoms with E-state index in [1.165, 1.54) is 0 Å². The number of aromatic nitrogens is 4. The first-order valence-corrected chi connectivity index (χ1v) is 6.92. The van der Waals surface area contributed by atoms with E-state index in [9.17, 15) is 4.79 Å². The SMILES string of the molecule is CCC(C(=O)N(C)Cc1cc(COC)n[nH]1)n1cccn1. The zero-order valence-corrected chi connectivity index (χ0v) is 12.6. The van der Waals surface area contributed by atoms with E-state index >= 15 is 0 Å². The summed E-state index contributed by atoms with van der Waals surface area (Å²) in [6, 6.07) is 3.45. The van der Waals surface area contributed by atoms with E-state index in [1.54, 1.807) is 29.9 Å². The van der Waals surface area contributed by atoms with Crippen LogP contribution in [0.25, 0.3) is 0 Å². The maximum Gasteiger partial charge on any atom is 0.247 e. The molecule has 114 valence electrons. The summed E-state index contributed by atoms with van der Waals surface area (Å²) in [5.74, 6) is 0.0316. The van der Waals surface area contributed by atoms with Crippen LogP contribution in [0, 0.1) is 0 Å². The highest BCUT2D eigenvalue weighted by Gasteiger charge is 2.22. The standard InChI is InChI=1S/C14H21N5O2/c1-4-13(19-7-5-6-15-19)14(20)18(2)9-11-8-12(10-21-3)17-16-11/h5-8,13H,4,9-10H2,1-3H3,(H,16,17). The third kappa shape index (κ3) is 3.69. The summed E-state index contributed by atoms with van der Waals surface area (Å²) in [5, 5.41) is 11.2. The van der Waals surface area contributed by atoms with Crippen LogP contribution < -0.4 is 0 Å². The average molecular weight is 291 g/mol. The molecule has 0 saturated carbocycles. The smallest absolute Gasteiger partial charge is 0.247 e. The fourth-order valence-electron chi connectivity index (χ4n) is 2.24. The number of nitrogens with zero attached hydrogens (tertiary/aromatic N) is 4. The number of likely N-dealkylation sites (N-methyl/N-ethyl adjacent to an activating group) is 1. The number of hydrogen-bond donors (Lipinski definition) is 1. The summed E-state index contributed by atoms with van der Waals surface area (Å²) >= 11 is 0. The summed E-state index contributed by atoms with van der Waals surface area (Å²) < 4.78 is 6.72. The Hall–Kier alpha value is -2.15. The second kappa shape index (κ2) is 7.03. The zero-order valence-electron chi connectivity index (χ0n) is 12.6. The number of carbonyl (C=O) groups excluding carboxylic acids is 1. The molecule has 1 atom stereocenters. The molecule has 0 aliphatic heterocycles. The van der Waals surface area contributed by atoms with Crippen LogP contribution >= 0.6 is 0 Å². The van der Waals surface area contributed by atoms with Crippen LogP contribution in [0.3, 0.4) is 0 Å². The number of rotatable bonds is 7. The Morgan fingerprint density at radius 3 is 3.00 bits per heavy atom. The molecule has 1 amide bonds. The van der Waals surface area contributed by atoms with Crippen molar-refractivity contribution in [1.29, 1.82) is 0 Å². The van der Waals surface area contributed by atoms with Crippen LogP contribution in [-0.4, -0.2) is 44.9 Å². The zero-order chi connectivity index (χ0) is 15.2. The third-order valence-electron chi connectivity index (χ3n) is 3.28. The molecule has 0 aromatic carbocycles. The number of H-pyrrole nitrogens is 1. The fraction of sp³-hybridized carbons (Fsp3) is 0.500. The Balaban J connectivity index is 2.01. The van der Waals surface area contributed by atoms with Crippen LogP contribution in [0.4, 0.5) is 0 Å². The van der Waals surface area contributed by atoms with Crippen LogP contribution in [0.5, 0.6) is 0 Å². The Labute approximate surface area is 123 Å². The Morgan fingerprint density at radius 2 is 2.38 bits per heavy atom. The molecule has 21 heavy (non-hydrogen) atoms. The van der Waals surface area contributed by atoms with Crippen LogP contribution in [0.2, 0.25) is 0 Å². The topological polar surface area (TPSA) is 76.0 Å². The summed E-state index contributed by atoms with van der Waals surface area (Å²) in [7, 11) is 3.41. The average Bonchev–Trinajstić information content (AvgIpc) is 3.12. The number of aromatic amines is 1. The Kier molecular flexibility index (Phi) is 5.10. The monoisotopic (exact) mass is 291 g/mol. The molecule has 2 aromatic heterocycles. The molecule has 0 bridgehead atoms. The largest absolute Gasteiger partial charge is 0.378 e. The normalized spacial score (nSPS) is 12.3. The van der Waals surface area contributed by atoms with Crippen molar-refractivity contribution < 1.29 is 9.53 Å². The molecule has 0 aliphatic carbocycles. The van der Waals surface area contributed by atoms with Crippen LogP contribution in [0.15, 0.2) is 24.5 Å². The lowest BCUT2D eigenvalue weighted by Gasteiger charge is -2.22. The van der Waals surface area contributed by atoms with E-state index < -0.39 is 0 Å². The van der Waals surface area contributed by atoms with Crippen molar-refractivity contribution in [2.45, 2.75) is 32.5 Å². The summed E-state index contributed by atoms with van der Waals surface area (Å²) in [6.45, 7) is 2.91. The van der Waals surface area contributed by atoms with Gasteiger partial charge in [0.15, 0.2) is 0 Å². The van der Waals surface area contributed by atoms with E-state index in [-0.39, 0.29) is 11.9 Å². The number of ether oxygens (including phenoxy) is 1. The lowest BCUT2D eigenvalue weighted by molar-refractivity contribution is -0.134. The van der Waals surface area contributed by atoms with Crippen molar-refractivity contribution in [3.63, 3.8) is 0 Å². The molecule has 2 rings (SSSR count). The fourth-order valence-corrected chi connectivity index (χ4v) is 2.24. The van der Waals surface area contributed by atoms with Gasteiger partial charge in [-0.25, -0.2) is 0 Å². The highest BCUT2D eigenvalue weighted by molar-refractivity contribution is 5.80. The number of carbonyl (C=O) groups is 1. The van der Waals surface area contributed by atoms with Gasteiger partial charge in [0.1, 0.15) is 6.04 Å². The molecule has 1 N–H and O–H groups in total. The first-order valence-electron chi connectivity index (χ1n) is 6.92. The van der Waals surface area contributed by atoms with Crippen molar-refractivity contribution in [1.82, 2.24) is 24.9 Å². The van der Waals surface area contributed by atoms with Crippen molar-refractivity contribution in [3.05, 3.63) is 35.9 Å². The maximum absolute atomic E-state index is 12.5. The first-order chi connectivity index (χ1) is 10.2. The number of amides is 1. The summed E-state index contributed by atoms with van der Waals surface area (Å²) in [5.41, 5.74) is 1.71. The van der Waals surface area contributed by atoms with Gasteiger partial charge in [-0.1, -0.05) is 6.92 Å². The van der Waals surface area contributed by atoms with Gasteiger partial charge in [-0.2, -0.15) is 10.2 Å². The summed E-state index contributed by atoms with van der Waals surface area (Å²) in [6.07, 6.45) is 4.19. The predicted molar refractivity (Wildman–Crippen MR) is 77.3 cm³/mol. The molecular formula is C14H21N5O2. The van der Waals surface area contributed by atoms with Crippen LogP contribution in [-0.2, 0) is 22.7 Å². The lowest BCUT2D eigenvalue weighted by Crippen LogP contribution is -2.34. The van der Waals surface area contributed by atoms with Crippen molar-refractivity contribution in [3.8, 4) is 0 Å². The summed E-state index contributed by atoms with van der Waals surface area (Å²) in [4.78, 5) is 14.2. The second-order valence-electron chi connectivity index (χ2n) is 4.92. The number of methoxy groups -OCH3 is 1. The van der Waals surface area contributed by atoms with Gasteiger partial charge < -0.3 is 9.64 Å². The molecule has 7 nitrogen and oxygen atoms in total. The van der Waals surface area contributed by atoms with Gasteiger partial charge >= 0.3 is 0 Å². The minimum atomic E-state index is -0.272. The number of hydrogen-bond acceptors (Lipinski definition) is 4. The molecule has 0 aliphatic rings. The molecule has 0 saturated heterocycles. The molecule has 1 unspecified atom stereocenters. The quantitative estimate of drug-likeness (QED) is 0.835.